The van der Waals surface area contributed by atoms with Gasteiger partial charge in [0.1, 0.15) is 0 Å². The first-order valence-electron chi connectivity index (χ1n) is 4.67. The molecular weight excluding hydrogens is 168 g/mol. The minimum atomic E-state index is 0.727. The Morgan fingerprint density at radius 3 is 1.54 bits per heavy atom. The Kier molecular flexibility index (Phi) is 6.96. The van der Waals surface area contributed by atoms with Gasteiger partial charge in [-0.2, -0.15) is 0 Å². The van der Waals surface area contributed by atoms with E-state index in [0.717, 1.165) is 45.4 Å². The van der Waals surface area contributed by atoms with Crippen molar-refractivity contribution in [3.8, 4) is 0 Å². The Morgan fingerprint density at radius 1 is 0.923 bits per heavy atom. The number of amides is 2. The second kappa shape index (κ2) is 7.58. The highest BCUT2D eigenvalue weighted by Gasteiger charge is 2.00. The molecule has 0 radical (unpaired) electrons. The van der Waals surface area contributed by atoms with Crippen molar-refractivity contribution in [3.63, 3.8) is 0 Å². The summed E-state index contributed by atoms with van der Waals surface area (Å²) in [7, 11) is 0. The van der Waals surface area contributed by atoms with Crippen molar-refractivity contribution in [2.45, 2.75) is 20.3 Å². The highest BCUT2D eigenvalue weighted by molar-refractivity contribution is 5.47. The van der Waals surface area contributed by atoms with Gasteiger partial charge in [-0.25, -0.2) is 0 Å². The number of carbonyl (C=O) groups is 2. The molecular formula is C9H18N2O2. The van der Waals surface area contributed by atoms with E-state index in [2.05, 4.69) is 0 Å². The lowest BCUT2D eigenvalue weighted by molar-refractivity contribution is -0.118. The van der Waals surface area contributed by atoms with Gasteiger partial charge < -0.3 is 9.80 Å². The predicted molar refractivity (Wildman–Crippen MR) is 51.2 cm³/mol. The van der Waals surface area contributed by atoms with Crippen LogP contribution in [-0.2, 0) is 9.59 Å². The zero-order valence-corrected chi connectivity index (χ0v) is 8.40. The first-order chi connectivity index (χ1) is 6.28. The highest BCUT2D eigenvalue weighted by Crippen LogP contribution is 1.90. The van der Waals surface area contributed by atoms with E-state index in [4.69, 9.17) is 0 Å². The third kappa shape index (κ3) is 5.22. The van der Waals surface area contributed by atoms with Crippen molar-refractivity contribution < 1.29 is 9.59 Å². The smallest absolute Gasteiger partial charge is 0.209 e. The van der Waals surface area contributed by atoms with Gasteiger partial charge in [-0.1, -0.05) is 0 Å². The minimum Gasteiger partial charge on any atom is -0.345 e. The molecule has 0 aromatic carbocycles. The van der Waals surface area contributed by atoms with E-state index in [0.29, 0.717) is 0 Å². The zero-order valence-electron chi connectivity index (χ0n) is 8.40. The fourth-order valence-corrected chi connectivity index (χ4v) is 1.05. The van der Waals surface area contributed by atoms with Crippen LogP contribution in [0.5, 0.6) is 0 Å². The first-order valence-corrected chi connectivity index (χ1v) is 4.67. The van der Waals surface area contributed by atoms with Gasteiger partial charge in [0.25, 0.3) is 0 Å². The molecule has 0 aromatic heterocycles. The van der Waals surface area contributed by atoms with Crippen molar-refractivity contribution in [3.05, 3.63) is 0 Å². The molecule has 13 heavy (non-hydrogen) atoms. The molecule has 4 heteroatoms. The SMILES string of the molecule is CCN(C=O)CCCN(C=O)CC. The maximum atomic E-state index is 10.4. The highest BCUT2D eigenvalue weighted by atomic mass is 16.1. The Bertz CT molecular complexity index is 135. The monoisotopic (exact) mass is 186 g/mol. The van der Waals surface area contributed by atoms with Crippen LogP contribution in [0.3, 0.4) is 0 Å². The lowest BCUT2D eigenvalue weighted by atomic mass is 10.3. The largest absolute Gasteiger partial charge is 0.345 e. The summed E-state index contributed by atoms with van der Waals surface area (Å²) in [6.45, 7) is 6.79. The molecule has 2 amide bonds. The van der Waals surface area contributed by atoms with Crippen molar-refractivity contribution >= 4 is 12.8 Å². The third-order valence-corrected chi connectivity index (χ3v) is 2.00. The van der Waals surface area contributed by atoms with Crippen LogP contribution in [0.4, 0.5) is 0 Å². The Hall–Kier alpha value is -1.06. The molecule has 0 bridgehead atoms. The van der Waals surface area contributed by atoms with E-state index in [1.54, 1.807) is 9.80 Å². The molecule has 0 saturated carbocycles. The van der Waals surface area contributed by atoms with Crippen LogP contribution in [0, 0.1) is 0 Å². The fourth-order valence-electron chi connectivity index (χ4n) is 1.05. The predicted octanol–water partition coefficient (Wildman–Crippen LogP) is 0.333. The summed E-state index contributed by atoms with van der Waals surface area (Å²) in [5.74, 6) is 0. The maximum Gasteiger partial charge on any atom is 0.209 e. The molecule has 0 aliphatic heterocycles. The molecule has 0 fully saturated rings. The van der Waals surface area contributed by atoms with Gasteiger partial charge in [-0.05, 0) is 20.3 Å². The normalized spacial score (nSPS) is 9.38. The molecule has 0 saturated heterocycles. The van der Waals surface area contributed by atoms with Crippen LogP contribution >= 0.6 is 0 Å². The summed E-state index contributed by atoms with van der Waals surface area (Å²) in [6, 6.07) is 0. The molecule has 76 valence electrons. The maximum absolute atomic E-state index is 10.4. The Morgan fingerprint density at radius 2 is 1.31 bits per heavy atom. The van der Waals surface area contributed by atoms with Gasteiger partial charge in [0, 0.05) is 26.2 Å². The van der Waals surface area contributed by atoms with Crippen LogP contribution < -0.4 is 0 Å². The summed E-state index contributed by atoms with van der Waals surface area (Å²) >= 11 is 0. The van der Waals surface area contributed by atoms with Gasteiger partial charge in [0.15, 0.2) is 0 Å². The number of hydrogen-bond donors (Lipinski definition) is 0. The molecule has 0 atom stereocenters. The van der Waals surface area contributed by atoms with E-state index in [9.17, 15) is 9.59 Å². The molecule has 0 unspecified atom stereocenters. The Labute approximate surface area is 79.5 Å². The van der Waals surface area contributed by atoms with Gasteiger partial charge in [0.2, 0.25) is 12.8 Å². The lowest BCUT2D eigenvalue weighted by Gasteiger charge is -2.18. The van der Waals surface area contributed by atoms with E-state index >= 15 is 0 Å². The van der Waals surface area contributed by atoms with Crippen molar-refractivity contribution in [2.24, 2.45) is 0 Å². The first kappa shape index (κ1) is 11.9. The number of carbonyl (C=O) groups excluding carboxylic acids is 2. The molecule has 0 aromatic rings. The molecule has 0 heterocycles. The zero-order chi connectivity index (χ0) is 10.1. The van der Waals surface area contributed by atoms with E-state index in [-0.39, 0.29) is 0 Å². The van der Waals surface area contributed by atoms with Gasteiger partial charge in [-0.15, -0.1) is 0 Å². The molecule has 0 rings (SSSR count). The second-order valence-corrected chi connectivity index (χ2v) is 2.82. The van der Waals surface area contributed by atoms with Gasteiger partial charge >= 0.3 is 0 Å². The molecule has 0 aliphatic carbocycles. The van der Waals surface area contributed by atoms with Crippen LogP contribution in [0.25, 0.3) is 0 Å². The van der Waals surface area contributed by atoms with Crippen LogP contribution in [0.15, 0.2) is 0 Å². The summed E-state index contributed by atoms with van der Waals surface area (Å²) in [5.41, 5.74) is 0. The molecule has 4 nitrogen and oxygen atoms in total. The summed E-state index contributed by atoms with van der Waals surface area (Å²) < 4.78 is 0. The van der Waals surface area contributed by atoms with Crippen LogP contribution in [0.1, 0.15) is 20.3 Å². The van der Waals surface area contributed by atoms with E-state index < -0.39 is 0 Å². The third-order valence-electron chi connectivity index (χ3n) is 2.00. The Balaban J connectivity index is 3.52. The summed E-state index contributed by atoms with van der Waals surface area (Å²) in [6.07, 6.45) is 2.54. The number of hydrogen-bond acceptors (Lipinski definition) is 2. The quantitative estimate of drug-likeness (QED) is 0.513. The summed E-state index contributed by atoms with van der Waals surface area (Å²) in [5, 5.41) is 0. The molecule has 0 spiro atoms. The molecule has 0 N–H and O–H groups in total. The minimum absolute atomic E-state index is 0.727. The number of rotatable bonds is 8. The van der Waals surface area contributed by atoms with Crippen molar-refractivity contribution in [2.75, 3.05) is 26.2 Å². The van der Waals surface area contributed by atoms with Gasteiger partial charge in [-0.3, -0.25) is 9.59 Å². The molecule has 0 aliphatic rings. The average Bonchev–Trinajstić information content (AvgIpc) is 2.19. The standard InChI is InChI=1S/C9H18N2O2/c1-3-10(8-12)6-5-7-11(4-2)9-13/h8-9H,3-7H2,1-2H3. The topological polar surface area (TPSA) is 40.6 Å². The fraction of sp³-hybridized carbons (Fsp3) is 0.778. The summed E-state index contributed by atoms with van der Waals surface area (Å²) in [4.78, 5) is 24.2. The van der Waals surface area contributed by atoms with Crippen molar-refractivity contribution in [1.82, 2.24) is 9.80 Å². The van der Waals surface area contributed by atoms with E-state index in [1.165, 1.54) is 0 Å². The van der Waals surface area contributed by atoms with E-state index in [1.807, 2.05) is 13.8 Å². The van der Waals surface area contributed by atoms with Crippen LogP contribution in [-0.4, -0.2) is 48.8 Å². The van der Waals surface area contributed by atoms with Crippen molar-refractivity contribution in [1.29, 1.82) is 0 Å². The average molecular weight is 186 g/mol. The van der Waals surface area contributed by atoms with Gasteiger partial charge in [0.05, 0.1) is 0 Å². The van der Waals surface area contributed by atoms with Crippen LogP contribution in [0.2, 0.25) is 0 Å². The second-order valence-electron chi connectivity index (χ2n) is 2.82. The lowest BCUT2D eigenvalue weighted by Crippen LogP contribution is -2.28. The number of nitrogens with zero attached hydrogens (tertiary/aromatic N) is 2.